The van der Waals surface area contributed by atoms with Crippen LogP contribution in [-0.2, 0) is 10.2 Å². The second kappa shape index (κ2) is 5.63. The molecule has 3 heterocycles. The number of nitrogens with zero attached hydrogens (tertiary/aromatic N) is 4. The quantitative estimate of drug-likeness (QED) is 0.857. The summed E-state index contributed by atoms with van der Waals surface area (Å²) in [5.41, 5.74) is 0.359. The largest absolute Gasteiger partial charge is 0.391 e. The van der Waals surface area contributed by atoms with E-state index in [4.69, 9.17) is 4.52 Å². The number of carbonyl (C=O) groups is 1. The molecule has 0 unspecified atom stereocenters. The standard InChI is InChI=1S/C16H17BrN4O3/c1-9-19-14(24-20-9)13-5-12(22)8-21(13)15(23)16(2-3-16)10-4-11(17)7-18-6-10/h4,6-7,12-13,22H,2-3,5,8H2,1H3/t12-,13+/m0/s1. The lowest BCUT2D eigenvalue weighted by Crippen LogP contribution is -2.39. The normalized spacial score (nSPS) is 25.0. The van der Waals surface area contributed by atoms with Crippen molar-refractivity contribution in [1.82, 2.24) is 20.0 Å². The van der Waals surface area contributed by atoms with E-state index < -0.39 is 11.5 Å². The van der Waals surface area contributed by atoms with E-state index in [-0.39, 0.29) is 18.5 Å². The summed E-state index contributed by atoms with van der Waals surface area (Å²) in [5.74, 6) is 0.913. The molecule has 2 aliphatic rings. The molecule has 1 saturated carbocycles. The van der Waals surface area contributed by atoms with Gasteiger partial charge in [0.15, 0.2) is 5.82 Å². The molecule has 8 heteroatoms. The van der Waals surface area contributed by atoms with Gasteiger partial charge in [0.25, 0.3) is 0 Å². The van der Waals surface area contributed by atoms with Gasteiger partial charge >= 0.3 is 0 Å². The van der Waals surface area contributed by atoms with E-state index in [2.05, 4.69) is 31.1 Å². The van der Waals surface area contributed by atoms with Gasteiger partial charge in [0.1, 0.15) is 6.04 Å². The van der Waals surface area contributed by atoms with Gasteiger partial charge in [-0.15, -0.1) is 0 Å². The number of hydrogen-bond acceptors (Lipinski definition) is 6. The summed E-state index contributed by atoms with van der Waals surface area (Å²) in [4.78, 5) is 23.4. The van der Waals surface area contributed by atoms with Crippen LogP contribution in [0.15, 0.2) is 27.5 Å². The van der Waals surface area contributed by atoms with Crippen LogP contribution in [0.25, 0.3) is 0 Å². The monoisotopic (exact) mass is 392 g/mol. The van der Waals surface area contributed by atoms with Crippen LogP contribution in [0.5, 0.6) is 0 Å². The predicted molar refractivity (Wildman–Crippen MR) is 87.0 cm³/mol. The molecular formula is C16H17BrN4O3. The fourth-order valence-corrected chi connectivity index (χ4v) is 3.79. The van der Waals surface area contributed by atoms with E-state index in [1.54, 1.807) is 24.2 Å². The smallest absolute Gasteiger partial charge is 0.249 e. The van der Waals surface area contributed by atoms with Crippen LogP contribution in [0.4, 0.5) is 0 Å². The summed E-state index contributed by atoms with van der Waals surface area (Å²) in [6, 6.07) is 1.57. The van der Waals surface area contributed by atoms with Crippen LogP contribution >= 0.6 is 15.9 Å². The van der Waals surface area contributed by atoms with Crippen LogP contribution in [-0.4, -0.2) is 43.7 Å². The lowest BCUT2D eigenvalue weighted by molar-refractivity contribution is -0.135. The molecule has 24 heavy (non-hydrogen) atoms. The summed E-state index contributed by atoms with van der Waals surface area (Å²) in [7, 11) is 0. The SMILES string of the molecule is Cc1noc([C@H]2C[C@H](O)CN2C(=O)C2(c3cncc(Br)c3)CC2)n1. The molecule has 1 aliphatic carbocycles. The first kappa shape index (κ1) is 15.7. The highest BCUT2D eigenvalue weighted by Crippen LogP contribution is 2.51. The van der Waals surface area contributed by atoms with Crippen molar-refractivity contribution in [2.45, 2.75) is 43.7 Å². The van der Waals surface area contributed by atoms with Crippen molar-refractivity contribution in [3.63, 3.8) is 0 Å². The molecule has 1 amide bonds. The minimum atomic E-state index is -0.581. The average Bonchev–Trinajstić information content (AvgIpc) is 3.12. The number of aryl methyl sites for hydroxylation is 1. The zero-order valence-corrected chi connectivity index (χ0v) is 14.7. The van der Waals surface area contributed by atoms with Gasteiger partial charge in [-0.25, -0.2) is 0 Å². The molecule has 126 valence electrons. The molecule has 0 aromatic carbocycles. The number of β-amino-alcohol motifs (C(OH)–C–C–N with tert-alkyl or cyclic N) is 1. The van der Waals surface area contributed by atoms with Crippen molar-refractivity contribution in [2.24, 2.45) is 0 Å². The van der Waals surface area contributed by atoms with Crippen LogP contribution < -0.4 is 0 Å². The van der Waals surface area contributed by atoms with E-state index in [0.717, 1.165) is 22.9 Å². The average molecular weight is 393 g/mol. The van der Waals surface area contributed by atoms with Crippen molar-refractivity contribution in [2.75, 3.05) is 6.54 Å². The van der Waals surface area contributed by atoms with Crippen molar-refractivity contribution >= 4 is 21.8 Å². The van der Waals surface area contributed by atoms with Crippen LogP contribution in [0, 0.1) is 6.92 Å². The van der Waals surface area contributed by atoms with E-state index in [0.29, 0.717) is 18.1 Å². The van der Waals surface area contributed by atoms with E-state index in [9.17, 15) is 9.90 Å². The highest BCUT2D eigenvalue weighted by molar-refractivity contribution is 9.10. The fraction of sp³-hybridized carbons (Fsp3) is 0.500. The summed E-state index contributed by atoms with van der Waals surface area (Å²) in [5, 5.41) is 13.9. The highest BCUT2D eigenvalue weighted by atomic mass is 79.9. The maximum absolute atomic E-state index is 13.3. The molecular weight excluding hydrogens is 376 g/mol. The number of aliphatic hydroxyl groups is 1. The van der Waals surface area contributed by atoms with Crippen molar-refractivity contribution in [3.05, 3.63) is 40.2 Å². The van der Waals surface area contributed by atoms with Gasteiger partial charge in [-0.3, -0.25) is 9.78 Å². The van der Waals surface area contributed by atoms with Crippen molar-refractivity contribution in [3.8, 4) is 0 Å². The third kappa shape index (κ3) is 2.53. The molecule has 2 atom stereocenters. The zero-order valence-electron chi connectivity index (χ0n) is 13.1. The minimum absolute atomic E-state index is 0.000182. The third-order valence-electron chi connectivity index (χ3n) is 4.79. The first-order valence-corrected chi connectivity index (χ1v) is 8.69. The van der Waals surface area contributed by atoms with E-state index in [1.165, 1.54) is 0 Å². The number of pyridine rings is 1. The molecule has 0 spiro atoms. The fourth-order valence-electron chi connectivity index (χ4n) is 3.42. The number of halogens is 1. The lowest BCUT2D eigenvalue weighted by atomic mass is 9.95. The molecule has 1 aliphatic heterocycles. The number of rotatable bonds is 3. The second-order valence-corrected chi connectivity index (χ2v) is 7.43. The number of carbonyl (C=O) groups excluding carboxylic acids is 1. The predicted octanol–water partition coefficient (Wildman–Crippen LogP) is 1.90. The van der Waals surface area contributed by atoms with Gasteiger partial charge in [-0.05, 0) is 47.3 Å². The summed E-state index contributed by atoms with van der Waals surface area (Å²) < 4.78 is 6.10. The van der Waals surface area contributed by atoms with Crippen LogP contribution in [0.3, 0.4) is 0 Å². The second-order valence-electron chi connectivity index (χ2n) is 6.52. The molecule has 1 N–H and O–H groups in total. The number of aliphatic hydroxyl groups excluding tert-OH is 1. The van der Waals surface area contributed by atoms with Crippen molar-refractivity contribution < 1.29 is 14.4 Å². The zero-order chi connectivity index (χ0) is 16.9. The Morgan fingerprint density at radius 3 is 2.88 bits per heavy atom. The Hall–Kier alpha value is -1.80. The van der Waals surface area contributed by atoms with Crippen molar-refractivity contribution in [1.29, 1.82) is 0 Å². The molecule has 7 nitrogen and oxygen atoms in total. The summed E-state index contributed by atoms with van der Waals surface area (Å²) in [6.07, 6.45) is 4.85. The first-order chi connectivity index (χ1) is 11.5. The molecule has 2 fully saturated rings. The van der Waals surface area contributed by atoms with Gasteiger partial charge in [0.05, 0.1) is 11.5 Å². The molecule has 1 saturated heterocycles. The molecule has 2 aromatic heterocycles. The van der Waals surface area contributed by atoms with Gasteiger partial charge < -0.3 is 14.5 Å². The van der Waals surface area contributed by atoms with Gasteiger partial charge in [0.2, 0.25) is 11.8 Å². The van der Waals surface area contributed by atoms with Gasteiger partial charge in [-0.1, -0.05) is 5.16 Å². The highest BCUT2D eigenvalue weighted by Gasteiger charge is 2.56. The molecule has 0 radical (unpaired) electrons. The minimum Gasteiger partial charge on any atom is -0.391 e. The maximum Gasteiger partial charge on any atom is 0.249 e. The first-order valence-electron chi connectivity index (χ1n) is 7.90. The number of aromatic nitrogens is 3. The lowest BCUT2D eigenvalue weighted by Gasteiger charge is -2.27. The van der Waals surface area contributed by atoms with Crippen LogP contribution in [0.2, 0.25) is 0 Å². The molecule has 4 rings (SSSR count). The van der Waals surface area contributed by atoms with Gasteiger partial charge in [-0.2, -0.15) is 4.98 Å². The van der Waals surface area contributed by atoms with Gasteiger partial charge in [0, 0.05) is 29.8 Å². The Kier molecular flexibility index (Phi) is 3.69. The Bertz CT molecular complexity index is 789. The molecule has 2 aromatic rings. The summed E-state index contributed by atoms with van der Waals surface area (Å²) in [6.45, 7) is 2.02. The number of likely N-dealkylation sites (tertiary alicyclic amines) is 1. The summed E-state index contributed by atoms with van der Waals surface area (Å²) >= 11 is 3.42. The number of amides is 1. The third-order valence-corrected chi connectivity index (χ3v) is 5.22. The van der Waals surface area contributed by atoms with Crippen LogP contribution in [0.1, 0.15) is 42.6 Å². The Labute approximate surface area is 147 Å². The number of hydrogen-bond donors (Lipinski definition) is 1. The van der Waals surface area contributed by atoms with E-state index in [1.807, 2.05) is 6.07 Å². The Morgan fingerprint density at radius 1 is 1.46 bits per heavy atom. The topological polar surface area (TPSA) is 92.4 Å². The maximum atomic E-state index is 13.3. The Balaban J connectivity index is 1.65. The molecule has 0 bridgehead atoms. The van der Waals surface area contributed by atoms with E-state index >= 15 is 0 Å². The Morgan fingerprint density at radius 2 is 2.25 bits per heavy atom.